The number of isocyanates is 1. The second-order valence-corrected chi connectivity index (χ2v) is 16.1. The summed E-state index contributed by atoms with van der Waals surface area (Å²) in [6, 6.07) is 0. The Balaban J connectivity index is -0.000000844. The molecule has 0 aromatic heterocycles. The molecule has 0 bridgehead atoms. The number of carboxylic acid groups (broad SMARTS) is 1. The van der Waals surface area contributed by atoms with Gasteiger partial charge >= 0.3 is 5.97 Å². The van der Waals surface area contributed by atoms with Gasteiger partial charge in [-0.15, -0.1) is 0 Å². The molecule has 0 aromatic carbocycles. The smallest absolute Gasteiger partial charge is 0.303 e. The number of carbonyl (C=O) groups is 2. The van der Waals surface area contributed by atoms with E-state index in [4.69, 9.17) is 10.6 Å². The lowest BCUT2D eigenvalue weighted by molar-refractivity contribution is -0.137. The van der Waals surface area contributed by atoms with Crippen LogP contribution in [0.4, 0.5) is 0 Å². The minimum absolute atomic E-state index is 0.324. The molecule has 1 N–H and O–H groups in total. The second-order valence-electron chi connectivity index (χ2n) is 16.1. The first kappa shape index (κ1) is 62.6. The Morgan fingerprint density at radius 3 is 1.08 bits per heavy atom. The molecule has 8 heteroatoms. The van der Waals surface area contributed by atoms with Crippen molar-refractivity contribution in [2.75, 3.05) is 6.54 Å². The van der Waals surface area contributed by atoms with Crippen LogP contribution < -0.4 is 0 Å². The van der Waals surface area contributed by atoms with Gasteiger partial charge in [-0.2, -0.15) is 0 Å². The van der Waals surface area contributed by atoms with Gasteiger partial charge in [0.2, 0.25) is 12.0 Å². The van der Waals surface area contributed by atoms with Gasteiger partial charge in [-0.1, -0.05) is 190 Å². The van der Waals surface area contributed by atoms with Crippen LogP contribution in [0, 0.1) is 0 Å². The molecule has 0 atom stereocenters. The van der Waals surface area contributed by atoms with Gasteiger partial charge < -0.3 is 5.11 Å². The van der Waals surface area contributed by atoms with Crippen LogP contribution in [0.5, 0.6) is 0 Å². The molecule has 0 spiro atoms. The van der Waals surface area contributed by atoms with Gasteiger partial charge in [-0.25, -0.2) is 9.79 Å². The number of amides is 1. The van der Waals surface area contributed by atoms with Crippen molar-refractivity contribution < 1.29 is 19.5 Å². The molecule has 0 rings (SSSR count). The third-order valence-electron chi connectivity index (χ3n) is 10.1. The predicted octanol–water partition coefficient (Wildman–Crippen LogP) is 18.3. The van der Waals surface area contributed by atoms with Crippen LogP contribution in [0.15, 0.2) is 83.0 Å². The normalized spacial score (nSPS) is 11.3. The first-order valence-electron chi connectivity index (χ1n) is 25.2. The van der Waals surface area contributed by atoms with E-state index in [1.54, 1.807) is 6.08 Å². The van der Waals surface area contributed by atoms with E-state index in [-0.39, 0.29) is 5.91 Å². The second kappa shape index (κ2) is 61.6. The SMILES string of the molecule is CCCCC/C=C\C/C=C\CCCCCCCC(=O)N=[N+]=[N-].CCCCC/C=C\C/C=C\CCCCCCCC(=O)O.CCCCC/C=C\C/C=C\CCCCCCCN=C=O. The highest BCUT2D eigenvalue weighted by atomic mass is 16.4. The van der Waals surface area contributed by atoms with Crippen LogP contribution in [0.25, 0.3) is 10.4 Å². The van der Waals surface area contributed by atoms with Crippen LogP contribution in [0.3, 0.4) is 0 Å². The van der Waals surface area contributed by atoms with Crippen molar-refractivity contribution >= 4 is 18.0 Å². The summed E-state index contributed by atoms with van der Waals surface area (Å²) in [4.78, 5) is 37.1. The molecule has 0 aliphatic rings. The Morgan fingerprint density at radius 2 is 0.758 bits per heavy atom. The topological polar surface area (TPSA) is 133 Å². The number of nitrogens with zero attached hydrogens (tertiary/aromatic N) is 4. The lowest BCUT2D eigenvalue weighted by Crippen LogP contribution is -1.93. The van der Waals surface area contributed by atoms with E-state index in [0.29, 0.717) is 19.4 Å². The third kappa shape index (κ3) is 68.0. The number of allylic oxidation sites excluding steroid dienone is 12. The van der Waals surface area contributed by atoms with Crippen molar-refractivity contribution in [2.45, 2.75) is 245 Å². The Labute approximate surface area is 381 Å². The van der Waals surface area contributed by atoms with Gasteiger partial charge in [0.25, 0.3) is 0 Å². The van der Waals surface area contributed by atoms with Crippen molar-refractivity contribution in [1.29, 1.82) is 0 Å². The first-order valence-corrected chi connectivity index (χ1v) is 25.2. The van der Waals surface area contributed by atoms with E-state index in [0.717, 1.165) is 70.6 Å². The molecule has 0 fully saturated rings. The number of hydrogen-bond acceptors (Lipinski definition) is 4. The molecule has 0 heterocycles. The van der Waals surface area contributed by atoms with Gasteiger partial charge in [-0.05, 0) is 126 Å². The minimum Gasteiger partial charge on any atom is -0.481 e. The molecule has 8 nitrogen and oxygen atoms in total. The van der Waals surface area contributed by atoms with Gasteiger partial charge in [-0.3, -0.25) is 9.59 Å². The number of rotatable bonds is 42. The quantitative estimate of drug-likeness (QED) is 0.0124. The number of azide groups is 1. The highest BCUT2D eigenvalue weighted by Gasteiger charge is 1.98. The fourth-order valence-electron chi connectivity index (χ4n) is 6.32. The minimum atomic E-state index is -0.671. The van der Waals surface area contributed by atoms with Crippen molar-refractivity contribution in [3.05, 3.63) is 83.4 Å². The molecule has 0 saturated carbocycles. The summed E-state index contributed by atoms with van der Waals surface area (Å²) >= 11 is 0. The van der Waals surface area contributed by atoms with Gasteiger partial charge in [0.1, 0.15) is 0 Å². The molecule has 0 aliphatic carbocycles. The molecule has 1 amide bonds. The number of carboxylic acids is 1. The fraction of sp³-hybridized carbons (Fsp3) is 0.722. The molecular weight excluding hydrogens is 769 g/mol. The van der Waals surface area contributed by atoms with Crippen LogP contribution in [-0.4, -0.2) is 29.6 Å². The lowest BCUT2D eigenvalue weighted by Gasteiger charge is -1.98. The Bertz CT molecular complexity index is 1180. The Morgan fingerprint density at radius 1 is 0.452 bits per heavy atom. The summed E-state index contributed by atoms with van der Waals surface area (Å²) < 4.78 is 0. The van der Waals surface area contributed by atoms with Crippen molar-refractivity contribution in [1.82, 2.24) is 0 Å². The summed E-state index contributed by atoms with van der Waals surface area (Å²) in [7, 11) is 0. The molecule has 0 saturated heterocycles. The molecule has 354 valence electrons. The van der Waals surface area contributed by atoms with E-state index in [1.165, 1.54) is 141 Å². The van der Waals surface area contributed by atoms with Gasteiger partial charge in [0, 0.05) is 17.8 Å². The molecule has 0 aliphatic heterocycles. The maximum Gasteiger partial charge on any atom is 0.303 e. The van der Waals surface area contributed by atoms with Crippen molar-refractivity contribution in [3.8, 4) is 0 Å². The molecule has 0 aromatic rings. The maximum absolute atomic E-state index is 10.9. The Hall–Kier alpha value is -3.73. The van der Waals surface area contributed by atoms with E-state index >= 15 is 0 Å². The monoisotopic (exact) mass is 863 g/mol. The summed E-state index contributed by atoms with van der Waals surface area (Å²) in [5.41, 5.74) is 8.09. The van der Waals surface area contributed by atoms with Gasteiger partial charge in [0.05, 0.1) is 6.54 Å². The average molecular weight is 863 g/mol. The van der Waals surface area contributed by atoms with Crippen molar-refractivity contribution in [3.63, 3.8) is 0 Å². The zero-order valence-corrected chi connectivity index (χ0v) is 40.3. The molecular formula is C54H94N4O4. The van der Waals surface area contributed by atoms with E-state index < -0.39 is 5.97 Å². The molecule has 62 heavy (non-hydrogen) atoms. The van der Waals surface area contributed by atoms with Crippen LogP contribution in [0.1, 0.15) is 245 Å². The Kier molecular flexibility index (Phi) is 62.1. The maximum atomic E-state index is 10.9. The largest absolute Gasteiger partial charge is 0.481 e. The number of carbonyl (C=O) groups excluding carboxylic acids is 2. The highest BCUT2D eigenvalue weighted by molar-refractivity contribution is 5.76. The molecule has 0 radical (unpaired) electrons. The number of hydrogen-bond donors (Lipinski definition) is 1. The third-order valence-corrected chi connectivity index (χ3v) is 10.1. The zero-order valence-electron chi connectivity index (χ0n) is 40.3. The fourth-order valence-corrected chi connectivity index (χ4v) is 6.32. The van der Waals surface area contributed by atoms with E-state index in [1.807, 2.05) is 0 Å². The zero-order chi connectivity index (χ0) is 45.9. The van der Waals surface area contributed by atoms with E-state index in [2.05, 4.69) is 109 Å². The summed E-state index contributed by atoms with van der Waals surface area (Å²) in [6.45, 7) is 7.35. The summed E-state index contributed by atoms with van der Waals surface area (Å²) in [5.74, 6) is -1.01. The van der Waals surface area contributed by atoms with E-state index in [9.17, 15) is 14.4 Å². The van der Waals surface area contributed by atoms with Crippen LogP contribution in [-0.2, 0) is 14.4 Å². The molecule has 0 unspecified atom stereocenters. The standard InChI is InChI=1S/C18H31N3O.C18H31NO.C18H32O2/c1-2-3-4-5-6-7-8-9-10-11-12-13-14-15-16-17-18(22)20-21-19;1-2-3-4-5-6-7-8-9-10-11-12-13-14-15-16-17-19-18-20;1-2-3-4-5-6-7-8-9-10-11-12-13-14-15-16-17-18(19)20/h6-7,9-10H,2-5,8,11-17H2,1H3;6-7,9-10H,2-5,8,11-17H2,1H3;6-7,9-10H,2-5,8,11-17H2,1H3,(H,19,20)/b3*7-6-,10-9-. The highest BCUT2D eigenvalue weighted by Crippen LogP contribution is 2.11. The van der Waals surface area contributed by atoms with Crippen LogP contribution >= 0.6 is 0 Å². The lowest BCUT2D eigenvalue weighted by atomic mass is 10.1. The van der Waals surface area contributed by atoms with Crippen LogP contribution in [0.2, 0.25) is 0 Å². The summed E-state index contributed by atoms with van der Waals surface area (Å²) in [6.07, 6.45) is 68.7. The number of aliphatic carboxylic acids is 1. The van der Waals surface area contributed by atoms with Gasteiger partial charge in [0.15, 0.2) is 0 Å². The first-order chi connectivity index (χ1) is 30.5. The summed E-state index contributed by atoms with van der Waals surface area (Å²) in [5, 5.41) is 11.6. The average Bonchev–Trinajstić information content (AvgIpc) is 3.26. The number of unbranched alkanes of at least 4 members (excludes halogenated alkanes) is 24. The van der Waals surface area contributed by atoms with Crippen molar-refractivity contribution in [2.24, 2.45) is 10.1 Å². The number of aliphatic imine (C=N–C) groups is 1. The predicted molar refractivity (Wildman–Crippen MR) is 268 cm³/mol.